The molecular weight excluding hydrogens is 526 g/mol. The Kier molecular flexibility index (Phi) is 13.1. The van der Waals surface area contributed by atoms with Gasteiger partial charge in [-0.15, -0.1) is 0 Å². The SMILES string of the molecule is CCCCCCCN(C(=O)C(NC(=O)OC(C)(C)C)C(C)C)C(C(=O)Nc1c(C)cccc1C)c1cc(C)ccc1C. The van der Waals surface area contributed by atoms with Gasteiger partial charge in [0.25, 0.3) is 5.91 Å². The maximum absolute atomic E-state index is 14.5. The van der Waals surface area contributed by atoms with Crippen molar-refractivity contribution in [3.8, 4) is 0 Å². The predicted octanol–water partition coefficient (Wildman–Crippen LogP) is 7.95. The van der Waals surface area contributed by atoms with Gasteiger partial charge in [-0.3, -0.25) is 9.59 Å². The molecule has 7 nitrogen and oxygen atoms in total. The van der Waals surface area contributed by atoms with Crippen LogP contribution in [-0.4, -0.2) is 41.0 Å². The van der Waals surface area contributed by atoms with Gasteiger partial charge in [-0.25, -0.2) is 4.79 Å². The molecule has 0 bridgehead atoms. The Morgan fingerprint density at radius 1 is 0.881 bits per heavy atom. The highest BCUT2D eigenvalue weighted by molar-refractivity contribution is 6.00. The molecule has 0 saturated carbocycles. The minimum Gasteiger partial charge on any atom is -0.444 e. The van der Waals surface area contributed by atoms with Crippen molar-refractivity contribution >= 4 is 23.6 Å². The molecule has 2 atom stereocenters. The fourth-order valence-electron chi connectivity index (χ4n) is 5.09. The van der Waals surface area contributed by atoms with Gasteiger partial charge >= 0.3 is 6.09 Å². The molecular formula is C35H53N3O4. The molecule has 2 rings (SSSR count). The highest BCUT2D eigenvalue weighted by Gasteiger charge is 2.38. The summed E-state index contributed by atoms with van der Waals surface area (Å²) in [5.41, 5.74) is 4.65. The average molecular weight is 580 g/mol. The van der Waals surface area contributed by atoms with Crippen LogP contribution in [0.4, 0.5) is 10.5 Å². The fraction of sp³-hybridized carbons (Fsp3) is 0.571. The third-order valence-corrected chi connectivity index (χ3v) is 7.41. The van der Waals surface area contributed by atoms with Gasteiger partial charge in [-0.1, -0.05) is 88.4 Å². The van der Waals surface area contributed by atoms with E-state index in [0.29, 0.717) is 6.54 Å². The van der Waals surface area contributed by atoms with Gasteiger partial charge in [-0.05, 0) is 83.1 Å². The molecule has 0 fully saturated rings. The molecule has 0 heterocycles. The fourth-order valence-corrected chi connectivity index (χ4v) is 5.09. The lowest BCUT2D eigenvalue weighted by atomic mass is 9.94. The summed E-state index contributed by atoms with van der Waals surface area (Å²) >= 11 is 0. The zero-order valence-electron chi connectivity index (χ0n) is 27.5. The number of nitrogens with one attached hydrogen (secondary N) is 2. The summed E-state index contributed by atoms with van der Waals surface area (Å²) in [5.74, 6) is -0.801. The zero-order valence-corrected chi connectivity index (χ0v) is 27.5. The van der Waals surface area contributed by atoms with E-state index in [0.717, 1.165) is 65.6 Å². The molecule has 0 spiro atoms. The Labute approximate surface area is 253 Å². The molecule has 0 aromatic heterocycles. The third-order valence-electron chi connectivity index (χ3n) is 7.41. The number of carbonyl (C=O) groups is 3. The summed E-state index contributed by atoms with van der Waals surface area (Å²) in [7, 11) is 0. The molecule has 0 aliphatic heterocycles. The summed E-state index contributed by atoms with van der Waals surface area (Å²) in [6.07, 6.45) is 4.34. The summed E-state index contributed by atoms with van der Waals surface area (Å²) in [5, 5.41) is 5.98. The molecule has 0 aliphatic carbocycles. The molecule has 0 saturated heterocycles. The number of nitrogens with zero attached hydrogens (tertiary/aromatic N) is 1. The first-order valence-corrected chi connectivity index (χ1v) is 15.4. The van der Waals surface area contributed by atoms with Crippen LogP contribution in [0.15, 0.2) is 36.4 Å². The number of carbonyl (C=O) groups excluding carboxylic acids is 3. The number of amides is 3. The molecule has 0 aliphatic rings. The van der Waals surface area contributed by atoms with Gasteiger partial charge in [0.1, 0.15) is 17.7 Å². The number of rotatable bonds is 13. The van der Waals surface area contributed by atoms with Crippen molar-refractivity contribution in [3.63, 3.8) is 0 Å². The molecule has 232 valence electrons. The lowest BCUT2D eigenvalue weighted by Gasteiger charge is -2.36. The van der Waals surface area contributed by atoms with Crippen molar-refractivity contribution < 1.29 is 19.1 Å². The van der Waals surface area contributed by atoms with Crippen molar-refractivity contribution in [2.45, 2.75) is 119 Å². The number of hydrogen-bond acceptors (Lipinski definition) is 4. The van der Waals surface area contributed by atoms with E-state index in [1.807, 2.05) is 77.9 Å². The van der Waals surface area contributed by atoms with Crippen LogP contribution >= 0.6 is 0 Å². The van der Waals surface area contributed by atoms with Crippen LogP contribution in [0, 0.1) is 33.6 Å². The maximum atomic E-state index is 14.5. The van der Waals surface area contributed by atoms with E-state index in [9.17, 15) is 14.4 Å². The lowest BCUT2D eigenvalue weighted by Crippen LogP contribution is -2.54. The van der Waals surface area contributed by atoms with Crippen LogP contribution in [0.3, 0.4) is 0 Å². The first-order valence-electron chi connectivity index (χ1n) is 15.4. The van der Waals surface area contributed by atoms with Gasteiger partial charge < -0.3 is 20.3 Å². The van der Waals surface area contributed by atoms with Gasteiger partial charge in [0.2, 0.25) is 5.91 Å². The zero-order chi connectivity index (χ0) is 31.6. The molecule has 2 aromatic rings. The van der Waals surface area contributed by atoms with Crippen molar-refractivity contribution in [2.24, 2.45) is 5.92 Å². The average Bonchev–Trinajstić information content (AvgIpc) is 2.88. The Balaban J connectivity index is 2.62. The third kappa shape index (κ3) is 10.2. The number of anilines is 1. The summed E-state index contributed by atoms with van der Waals surface area (Å²) in [6, 6.07) is 10.1. The minimum absolute atomic E-state index is 0.228. The van der Waals surface area contributed by atoms with Crippen molar-refractivity contribution in [2.75, 3.05) is 11.9 Å². The molecule has 2 aromatic carbocycles. The minimum atomic E-state index is -0.885. The largest absolute Gasteiger partial charge is 0.444 e. The van der Waals surface area contributed by atoms with Crippen LogP contribution < -0.4 is 10.6 Å². The summed E-state index contributed by atoms with van der Waals surface area (Å²) < 4.78 is 5.51. The number of aryl methyl sites for hydroxylation is 4. The van der Waals surface area contributed by atoms with E-state index < -0.39 is 23.8 Å². The topological polar surface area (TPSA) is 87.7 Å². The predicted molar refractivity (Wildman–Crippen MR) is 172 cm³/mol. The van der Waals surface area contributed by atoms with Gasteiger partial charge in [-0.2, -0.15) is 0 Å². The second-order valence-corrected chi connectivity index (χ2v) is 12.8. The van der Waals surface area contributed by atoms with E-state index in [4.69, 9.17) is 4.74 Å². The Bertz CT molecular complexity index is 1190. The van der Waals surface area contributed by atoms with Crippen LogP contribution in [0.25, 0.3) is 0 Å². The second-order valence-electron chi connectivity index (χ2n) is 12.8. The van der Waals surface area contributed by atoms with Gasteiger partial charge in [0.15, 0.2) is 0 Å². The molecule has 7 heteroatoms. The number of benzene rings is 2. The molecule has 0 radical (unpaired) electrons. The van der Waals surface area contributed by atoms with E-state index in [1.54, 1.807) is 25.7 Å². The Morgan fingerprint density at radius 3 is 2.07 bits per heavy atom. The van der Waals surface area contributed by atoms with Crippen LogP contribution in [0.2, 0.25) is 0 Å². The molecule has 2 N–H and O–H groups in total. The highest BCUT2D eigenvalue weighted by atomic mass is 16.6. The first-order chi connectivity index (χ1) is 19.7. The van der Waals surface area contributed by atoms with Gasteiger partial charge in [0.05, 0.1) is 0 Å². The molecule has 42 heavy (non-hydrogen) atoms. The maximum Gasteiger partial charge on any atom is 0.408 e. The number of alkyl carbamates (subject to hydrolysis) is 1. The Morgan fingerprint density at radius 2 is 1.50 bits per heavy atom. The van der Waals surface area contributed by atoms with E-state index in [1.165, 1.54) is 0 Å². The second kappa shape index (κ2) is 15.8. The standard InChI is InChI=1S/C35H53N3O4/c1-11-12-13-14-15-21-38(33(40)29(23(2)3)37-34(41)42-35(8,9)10)31(28-22-24(4)19-20-25(28)5)32(39)36-30-26(6)17-16-18-27(30)7/h16-20,22-23,29,31H,11-15,21H2,1-10H3,(H,36,39)(H,37,41). The quantitative estimate of drug-likeness (QED) is 0.236. The number of para-hydroxylation sites is 1. The van der Waals surface area contributed by atoms with E-state index in [2.05, 4.69) is 17.6 Å². The normalized spacial score (nSPS) is 12.9. The monoisotopic (exact) mass is 579 g/mol. The van der Waals surface area contributed by atoms with Crippen LogP contribution in [0.1, 0.15) is 108 Å². The highest BCUT2D eigenvalue weighted by Crippen LogP contribution is 2.30. The molecule has 3 amide bonds. The van der Waals surface area contributed by atoms with Crippen molar-refractivity contribution in [1.29, 1.82) is 0 Å². The van der Waals surface area contributed by atoms with Gasteiger partial charge in [0, 0.05) is 12.2 Å². The molecule has 2 unspecified atom stereocenters. The smallest absolute Gasteiger partial charge is 0.408 e. The van der Waals surface area contributed by atoms with E-state index in [-0.39, 0.29) is 17.7 Å². The number of hydrogen-bond donors (Lipinski definition) is 2. The number of unbranched alkanes of at least 4 members (excludes halogenated alkanes) is 4. The summed E-state index contributed by atoms with van der Waals surface area (Å²) in [6.45, 7) is 19.6. The lowest BCUT2D eigenvalue weighted by molar-refractivity contribution is -0.141. The van der Waals surface area contributed by atoms with Crippen LogP contribution in [0.5, 0.6) is 0 Å². The van der Waals surface area contributed by atoms with Crippen molar-refractivity contribution in [3.05, 3.63) is 64.2 Å². The number of ether oxygens (including phenoxy) is 1. The first kappa shape index (κ1) is 34.8. The van der Waals surface area contributed by atoms with Crippen molar-refractivity contribution in [1.82, 2.24) is 10.2 Å². The van der Waals surface area contributed by atoms with E-state index >= 15 is 0 Å². The Hall–Kier alpha value is -3.35. The summed E-state index contributed by atoms with van der Waals surface area (Å²) in [4.78, 5) is 43.3. The van der Waals surface area contributed by atoms with Crippen LogP contribution in [-0.2, 0) is 14.3 Å².